The van der Waals surface area contributed by atoms with Gasteiger partial charge in [-0.05, 0) is 27.7 Å². The third-order valence-electron chi connectivity index (χ3n) is 2.25. The van der Waals surface area contributed by atoms with E-state index in [4.69, 9.17) is 18.9 Å². The summed E-state index contributed by atoms with van der Waals surface area (Å²) < 4.78 is 21.5. The minimum absolute atomic E-state index is 0.252. The molecule has 0 aliphatic heterocycles. The van der Waals surface area contributed by atoms with Gasteiger partial charge in [0, 0.05) is 26.4 Å². The first kappa shape index (κ1) is 18.2. The number of hydrogen-bond acceptors (Lipinski definition) is 6. The van der Waals surface area contributed by atoms with E-state index in [0.29, 0.717) is 26.4 Å². The summed E-state index contributed by atoms with van der Waals surface area (Å²) in [5.74, 6) is 0. The molecule has 0 aromatic heterocycles. The molecule has 0 spiro atoms. The second-order valence-corrected chi connectivity index (χ2v) is 3.63. The molecule has 7 heteroatoms. The zero-order valence-corrected chi connectivity index (χ0v) is 12.3. The van der Waals surface area contributed by atoms with Crippen LogP contribution in [0.1, 0.15) is 27.7 Å². The van der Waals surface area contributed by atoms with Crippen LogP contribution in [-0.4, -0.2) is 57.1 Å². The molecule has 0 amide bonds. The second-order valence-electron chi connectivity index (χ2n) is 3.63. The Morgan fingerprint density at radius 1 is 0.789 bits per heavy atom. The van der Waals surface area contributed by atoms with Crippen molar-refractivity contribution in [3.05, 3.63) is 4.91 Å². The predicted molar refractivity (Wildman–Crippen MR) is 71.4 cm³/mol. The fourth-order valence-corrected chi connectivity index (χ4v) is 1.54. The Bertz CT molecular complexity index is 188. The van der Waals surface area contributed by atoms with E-state index >= 15 is 0 Å². The third kappa shape index (κ3) is 8.88. The molecule has 0 saturated heterocycles. The summed E-state index contributed by atoms with van der Waals surface area (Å²) in [6.07, 6.45) is -0.951. The lowest BCUT2D eigenvalue weighted by Gasteiger charge is -2.25. The van der Waals surface area contributed by atoms with Gasteiger partial charge in [0.15, 0.2) is 12.6 Å². The van der Waals surface area contributed by atoms with Gasteiger partial charge in [0.1, 0.15) is 0 Å². The van der Waals surface area contributed by atoms with Crippen LogP contribution < -0.4 is 0 Å². The van der Waals surface area contributed by atoms with E-state index < -0.39 is 12.6 Å². The lowest BCUT2D eigenvalue weighted by Crippen LogP contribution is -2.38. The van der Waals surface area contributed by atoms with Crippen LogP contribution in [0.5, 0.6) is 0 Å². The lowest BCUT2D eigenvalue weighted by atomic mass is 10.5. The molecule has 0 aromatic rings. The fraction of sp³-hybridized carbons (Fsp3) is 1.00. The highest BCUT2D eigenvalue weighted by molar-refractivity contribution is 4.58. The summed E-state index contributed by atoms with van der Waals surface area (Å²) in [5.41, 5.74) is 0. The zero-order valence-electron chi connectivity index (χ0n) is 12.3. The van der Waals surface area contributed by atoms with Crippen molar-refractivity contribution in [2.75, 3.05) is 39.5 Å². The van der Waals surface area contributed by atoms with Crippen molar-refractivity contribution < 1.29 is 18.9 Å². The maximum absolute atomic E-state index is 10.8. The summed E-state index contributed by atoms with van der Waals surface area (Å²) in [6.45, 7) is 10.0. The smallest absolute Gasteiger partial charge is 0.176 e. The van der Waals surface area contributed by atoms with Crippen molar-refractivity contribution in [2.24, 2.45) is 5.29 Å². The van der Waals surface area contributed by atoms with Gasteiger partial charge in [-0.3, -0.25) is 5.01 Å². The molecule has 7 nitrogen and oxygen atoms in total. The van der Waals surface area contributed by atoms with Gasteiger partial charge in [0.2, 0.25) is 0 Å². The minimum atomic E-state index is -0.475. The van der Waals surface area contributed by atoms with Gasteiger partial charge in [0.05, 0.1) is 18.4 Å². The number of hydrogen-bond donors (Lipinski definition) is 0. The van der Waals surface area contributed by atoms with Gasteiger partial charge >= 0.3 is 0 Å². The number of nitrogens with zero attached hydrogens (tertiary/aromatic N) is 2. The van der Waals surface area contributed by atoms with E-state index in [-0.39, 0.29) is 13.1 Å². The quantitative estimate of drug-likeness (QED) is 0.290. The summed E-state index contributed by atoms with van der Waals surface area (Å²) in [4.78, 5) is 10.8. The predicted octanol–water partition coefficient (Wildman–Crippen LogP) is 1.77. The Labute approximate surface area is 115 Å². The van der Waals surface area contributed by atoms with E-state index in [0.717, 1.165) is 0 Å². The molecule has 0 rings (SSSR count). The van der Waals surface area contributed by atoms with Crippen LogP contribution in [0.3, 0.4) is 0 Å². The van der Waals surface area contributed by atoms with Crippen LogP contribution in [0.15, 0.2) is 5.29 Å². The van der Waals surface area contributed by atoms with Crippen molar-refractivity contribution in [3.63, 3.8) is 0 Å². The van der Waals surface area contributed by atoms with E-state index in [1.165, 1.54) is 5.01 Å². The van der Waals surface area contributed by atoms with Crippen molar-refractivity contribution >= 4 is 0 Å². The molecule has 0 aromatic carbocycles. The van der Waals surface area contributed by atoms with E-state index in [1.807, 2.05) is 27.7 Å². The highest BCUT2D eigenvalue weighted by atomic mass is 16.7. The van der Waals surface area contributed by atoms with E-state index in [9.17, 15) is 4.91 Å². The maximum atomic E-state index is 10.8. The Morgan fingerprint density at radius 2 is 1.11 bits per heavy atom. The van der Waals surface area contributed by atoms with Crippen molar-refractivity contribution in [2.45, 2.75) is 40.3 Å². The third-order valence-corrected chi connectivity index (χ3v) is 2.25. The summed E-state index contributed by atoms with van der Waals surface area (Å²) in [7, 11) is 0. The fourth-order valence-electron chi connectivity index (χ4n) is 1.54. The van der Waals surface area contributed by atoms with Crippen molar-refractivity contribution in [3.8, 4) is 0 Å². The molecule has 0 radical (unpaired) electrons. The van der Waals surface area contributed by atoms with Gasteiger partial charge in [-0.25, -0.2) is 0 Å². The molecule has 114 valence electrons. The molecule has 0 aliphatic rings. The molecule has 0 aliphatic carbocycles. The number of nitroso groups, excluding NO2 is 1. The molecule has 0 fully saturated rings. The lowest BCUT2D eigenvalue weighted by molar-refractivity contribution is -0.172. The maximum Gasteiger partial charge on any atom is 0.176 e. The summed E-state index contributed by atoms with van der Waals surface area (Å²) >= 11 is 0. The summed E-state index contributed by atoms with van der Waals surface area (Å²) in [6, 6.07) is 0. The highest BCUT2D eigenvalue weighted by Gasteiger charge is 2.19. The van der Waals surface area contributed by atoms with E-state index in [1.54, 1.807) is 0 Å². The monoisotopic (exact) mass is 278 g/mol. The number of ether oxygens (including phenoxy) is 4. The first-order valence-corrected chi connectivity index (χ1v) is 6.76. The second kappa shape index (κ2) is 12.3. The normalized spacial score (nSPS) is 11.3. The van der Waals surface area contributed by atoms with Crippen LogP contribution in [0, 0.1) is 4.91 Å². The SMILES string of the molecule is CCOC(CN(CC(OCC)OCC)N=O)OCC. The Hall–Kier alpha value is -0.760. The first-order chi connectivity index (χ1) is 9.21. The molecule has 0 atom stereocenters. The summed E-state index contributed by atoms with van der Waals surface area (Å²) in [5, 5.41) is 4.26. The first-order valence-electron chi connectivity index (χ1n) is 6.76. The van der Waals surface area contributed by atoms with Gasteiger partial charge in [0.25, 0.3) is 0 Å². The minimum Gasteiger partial charge on any atom is -0.351 e. The van der Waals surface area contributed by atoms with Gasteiger partial charge < -0.3 is 18.9 Å². The van der Waals surface area contributed by atoms with Crippen LogP contribution in [0.2, 0.25) is 0 Å². The highest BCUT2D eigenvalue weighted by Crippen LogP contribution is 2.05. The Kier molecular flexibility index (Phi) is 11.8. The molecular weight excluding hydrogens is 252 g/mol. The van der Waals surface area contributed by atoms with Crippen LogP contribution >= 0.6 is 0 Å². The molecular formula is C12H26N2O5. The van der Waals surface area contributed by atoms with Crippen molar-refractivity contribution in [1.29, 1.82) is 0 Å². The molecule has 0 unspecified atom stereocenters. The Balaban J connectivity index is 4.31. The van der Waals surface area contributed by atoms with Gasteiger partial charge in [-0.2, -0.15) is 0 Å². The molecule has 0 bridgehead atoms. The molecule has 0 N–H and O–H groups in total. The Morgan fingerprint density at radius 3 is 1.32 bits per heavy atom. The van der Waals surface area contributed by atoms with Crippen LogP contribution in [-0.2, 0) is 18.9 Å². The standard InChI is InChI=1S/C12H26N2O5/c1-5-16-11(17-6-2)9-14(13-15)10-12(18-7-3)19-8-4/h11-12H,5-10H2,1-4H3. The topological polar surface area (TPSA) is 69.6 Å². The molecule has 0 heterocycles. The molecule has 0 saturated carbocycles. The largest absolute Gasteiger partial charge is 0.351 e. The average Bonchev–Trinajstić information content (AvgIpc) is 2.39. The van der Waals surface area contributed by atoms with Gasteiger partial charge in [-0.15, -0.1) is 4.91 Å². The zero-order chi connectivity index (χ0) is 14.5. The number of rotatable bonds is 13. The van der Waals surface area contributed by atoms with Crippen LogP contribution in [0.4, 0.5) is 0 Å². The van der Waals surface area contributed by atoms with Crippen LogP contribution in [0.25, 0.3) is 0 Å². The van der Waals surface area contributed by atoms with Gasteiger partial charge in [-0.1, -0.05) is 0 Å². The van der Waals surface area contributed by atoms with Crippen molar-refractivity contribution in [1.82, 2.24) is 5.01 Å². The van der Waals surface area contributed by atoms with E-state index in [2.05, 4.69) is 5.29 Å². The average molecular weight is 278 g/mol. The molecule has 19 heavy (non-hydrogen) atoms.